The van der Waals surface area contributed by atoms with E-state index in [2.05, 4.69) is 10.3 Å². The minimum atomic E-state index is -0.845. The zero-order valence-electron chi connectivity index (χ0n) is 19.2. The molecular weight excluding hydrogens is 466 g/mol. The van der Waals surface area contributed by atoms with Gasteiger partial charge >= 0.3 is 6.09 Å². The van der Waals surface area contributed by atoms with Gasteiger partial charge in [-0.25, -0.2) is 14.3 Å². The van der Waals surface area contributed by atoms with Crippen molar-refractivity contribution in [2.75, 3.05) is 43.1 Å². The van der Waals surface area contributed by atoms with E-state index in [0.29, 0.717) is 30.0 Å². The summed E-state index contributed by atoms with van der Waals surface area (Å²) < 4.78 is 12.0. The SMILES string of the molecule is O=C1c2ccccc2C(=O)N1C[C@@H](CNc1ccc(N2CCOCC2=O)cc1)OC(=O)n1ccnc1. The molecule has 3 amide bonds. The van der Waals surface area contributed by atoms with E-state index in [0.717, 1.165) is 10.6 Å². The van der Waals surface area contributed by atoms with Crippen LogP contribution in [0.3, 0.4) is 0 Å². The van der Waals surface area contributed by atoms with Gasteiger partial charge in [-0.3, -0.25) is 19.3 Å². The van der Waals surface area contributed by atoms with Crippen LogP contribution in [-0.2, 0) is 14.3 Å². The summed E-state index contributed by atoms with van der Waals surface area (Å²) >= 11 is 0. The summed E-state index contributed by atoms with van der Waals surface area (Å²) in [5, 5.41) is 3.18. The number of hydrogen-bond donors (Lipinski definition) is 1. The van der Waals surface area contributed by atoms with Gasteiger partial charge < -0.3 is 19.7 Å². The van der Waals surface area contributed by atoms with Crippen molar-refractivity contribution in [1.29, 1.82) is 0 Å². The van der Waals surface area contributed by atoms with Gasteiger partial charge in [-0.05, 0) is 36.4 Å². The first-order valence-electron chi connectivity index (χ1n) is 11.4. The number of nitrogens with zero attached hydrogens (tertiary/aromatic N) is 4. The van der Waals surface area contributed by atoms with Crippen molar-refractivity contribution >= 4 is 35.2 Å². The summed E-state index contributed by atoms with van der Waals surface area (Å²) in [7, 11) is 0. The number of carbonyl (C=O) groups excluding carboxylic acids is 4. The number of imide groups is 1. The summed E-state index contributed by atoms with van der Waals surface area (Å²) in [4.78, 5) is 56.9. The molecule has 0 aliphatic carbocycles. The fourth-order valence-corrected chi connectivity index (χ4v) is 4.10. The molecule has 1 saturated heterocycles. The Balaban J connectivity index is 1.29. The average molecular weight is 489 g/mol. The van der Waals surface area contributed by atoms with Crippen LogP contribution in [0.25, 0.3) is 0 Å². The summed E-state index contributed by atoms with van der Waals surface area (Å²) in [6, 6.07) is 13.8. The van der Waals surface area contributed by atoms with Crippen molar-refractivity contribution in [1.82, 2.24) is 14.5 Å². The molecule has 0 unspecified atom stereocenters. The Kier molecular flexibility index (Phi) is 6.46. The van der Waals surface area contributed by atoms with Gasteiger partial charge in [0.05, 0.1) is 30.8 Å². The number of nitrogens with one attached hydrogen (secondary N) is 1. The van der Waals surface area contributed by atoms with Crippen molar-refractivity contribution in [2.24, 2.45) is 0 Å². The summed E-state index contributed by atoms with van der Waals surface area (Å²) in [6.45, 7) is 1.03. The zero-order chi connectivity index (χ0) is 25.1. The minimum Gasteiger partial charge on any atom is -0.442 e. The molecule has 3 heterocycles. The largest absolute Gasteiger partial charge is 0.442 e. The lowest BCUT2D eigenvalue weighted by molar-refractivity contribution is -0.125. The minimum absolute atomic E-state index is 0.0573. The molecule has 1 fully saturated rings. The molecule has 2 aliphatic heterocycles. The second kappa shape index (κ2) is 10.0. The van der Waals surface area contributed by atoms with Crippen molar-refractivity contribution in [2.45, 2.75) is 6.10 Å². The van der Waals surface area contributed by atoms with E-state index in [9.17, 15) is 19.2 Å². The molecule has 0 saturated carbocycles. The Bertz CT molecular complexity index is 1260. The molecule has 36 heavy (non-hydrogen) atoms. The van der Waals surface area contributed by atoms with Crippen LogP contribution in [0.4, 0.5) is 16.2 Å². The van der Waals surface area contributed by atoms with Gasteiger partial charge in [-0.15, -0.1) is 0 Å². The molecule has 2 aliphatic rings. The Morgan fingerprint density at radius 1 is 1.06 bits per heavy atom. The van der Waals surface area contributed by atoms with Gasteiger partial charge in [-0.2, -0.15) is 0 Å². The van der Waals surface area contributed by atoms with Crippen LogP contribution in [-0.4, -0.2) is 77.2 Å². The molecule has 1 atom stereocenters. The normalized spacial score (nSPS) is 16.2. The molecular formula is C25H23N5O6. The lowest BCUT2D eigenvalue weighted by Gasteiger charge is -2.27. The molecule has 5 rings (SSSR count). The fraction of sp³-hybridized carbons (Fsp3) is 0.240. The number of imidazole rings is 1. The molecule has 11 heteroatoms. The third kappa shape index (κ3) is 4.68. The van der Waals surface area contributed by atoms with E-state index >= 15 is 0 Å². The van der Waals surface area contributed by atoms with Crippen molar-refractivity contribution in [3.8, 4) is 0 Å². The van der Waals surface area contributed by atoms with E-state index in [1.54, 1.807) is 41.3 Å². The van der Waals surface area contributed by atoms with Crippen LogP contribution in [0.1, 0.15) is 20.7 Å². The highest BCUT2D eigenvalue weighted by Gasteiger charge is 2.37. The first-order chi connectivity index (χ1) is 17.5. The summed E-state index contributed by atoms with van der Waals surface area (Å²) in [6.07, 6.45) is 2.67. The van der Waals surface area contributed by atoms with Gasteiger partial charge in [0.25, 0.3) is 17.7 Å². The monoisotopic (exact) mass is 489 g/mol. The molecule has 0 radical (unpaired) electrons. The first-order valence-corrected chi connectivity index (χ1v) is 11.4. The number of morpholine rings is 1. The predicted octanol–water partition coefficient (Wildman–Crippen LogP) is 2.01. The average Bonchev–Trinajstić information content (AvgIpc) is 3.52. The topological polar surface area (TPSA) is 123 Å². The quantitative estimate of drug-likeness (QED) is 0.500. The highest BCUT2D eigenvalue weighted by atomic mass is 16.6. The number of amides is 3. The Morgan fingerprint density at radius 2 is 1.78 bits per heavy atom. The number of carbonyl (C=O) groups is 4. The Morgan fingerprint density at radius 3 is 2.42 bits per heavy atom. The van der Waals surface area contributed by atoms with E-state index in [4.69, 9.17) is 9.47 Å². The van der Waals surface area contributed by atoms with Gasteiger partial charge in [0.2, 0.25) is 0 Å². The van der Waals surface area contributed by atoms with Gasteiger partial charge in [0.15, 0.2) is 0 Å². The standard InChI is InChI=1S/C25H23N5O6/c31-22-15-35-12-11-29(22)18-7-5-17(6-8-18)27-13-19(36-25(34)28-10-9-26-16-28)14-30-23(32)20-3-1-2-4-21(20)24(30)33/h1-10,16,19,27H,11-15H2/t19-/m1/s1. The molecule has 184 valence electrons. The van der Waals surface area contributed by atoms with Crippen LogP contribution in [0.5, 0.6) is 0 Å². The maximum absolute atomic E-state index is 12.8. The Hall–Kier alpha value is -4.51. The molecule has 0 bridgehead atoms. The smallest absolute Gasteiger partial charge is 0.419 e. The lowest BCUT2D eigenvalue weighted by atomic mass is 10.1. The number of rotatable bonds is 7. The van der Waals surface area contributed by atoms with E-state index < -0.39 is 24.0 Å². The number of aromatic nitrogens is 2. The van der Waals surface area contributed by atoms with Gasteiger partial charge in [-0.1, -0.05) is 12.1 Å². The number of fused-ring (bicyclic) bond motifs is 1. The number of hydrogen-bond acceptors (Lipinski definition) is 8. The molecule has 3 aromatic rings. The van der Waals surface area contributed by atoms with E-state index in [1.807, 2.05) is 12.1 Å². The predicted molar refractivity (Wildman–Crippen MR) is 128 cm³/mol. The third-order valence-corrected chi connectivity index (χ3v) is 5.95. The van der Waals surface area contributed by atoms with Crippen molar-refractivity contribution < 1.29 is 28.7 Å². The van der Waals surface area contributed by atoms with Gasteiger partial charge in [0, 0.05) is 30.3 Å². The summed E-state index contributed by atoms with van der Waals surface area (Å²) in [5.41, 5.74) is 2.11. The summed E-state index contributed by atoms with van der Waals surface area (Å²) in [5.74, 6) is -0.966. The fourth-order valence-electron chi connectivity index (χ4n) is 4.10. The maximum atomic E-state index is 12.8. The molecule has 1 aromatic heterocycles. The maximum Gasteiger partial charge on any atom is 0.419 e. The number of ether oxygens (including phenoxy) is 2. The highest BCUT2D eigenvalue weighted by molar-refractivity contribution is 6.21. The second-order valence-electron chi connectivity index (χ2n) is 8.27. The van der Waals surface area contributed by atoms with Crippen molar-refractivity contribution in [3.63, 3.8) is 0 Å². The molecule has 11 nitrogen and oxygen atoms in total. The molecule has 1 N–H and O–H groups in total. The third-order valence-electron chi connectivity index (χ3n) is 5.95. The first kappa shape index (κ1) is 23.2. The van der Waals surface area contributed by atoms with Crippen LogP contribution in [0, 0.1) is 0 Å². The van der Waals surface area contributed by atoms with Crippen LogP contribution in [0.15, 0.2) is 67.3 Å². The van der Waals surface area contributed by atoms with Crippen LogP contribution < -0.4 is 10.2 Å². The van der Waals surface area contributed by atoms with E-state index in [-0.39, 0.29) is 25.6 Å². The highest BCUT2D eigenvalue weighted by Crippen LogP contribution is 2.24. The van der Waals surface area contributed by atoms with Crippen molar-refractivity contribution in [3.05, 3.63) is 78.4 Å². The number of benzene rings is 2. The van der Waals surface area contributed by atoms with Gasteiger partial charge in [0.1, 0.15) is 19.0 Å². The Labute approximate surface area is 206 Å². The van der Waals surface area contributed by atoms with E-state index in [1.165, 1.54) is 23.3 Å². The molecule has 0 spiro atoms. The number of anilines is 2. The lowest BCUT2D eigenvalue weighted by Crippen LogP contribution is -2.42. The van der Waals surface area contributed by atoms with Crippen LogP contribution >= 0.6 is 0 Å². The zero-order valence-corrected chi connectivity index (χ0v) is 19.2. The van der Waals surface area contributed by atoms with Crippen LogP contribution in [0.2, 0.25) is 0 Å². The second-order valence-corrected chi connectivity index (χ2v) is 8.27. The molecule has 2 aromatic carbocycles.